The first-order chi connectivity index (χ1) is 14.6. The Kier molecular flexibility index (Phi) is 5.70. The SMILES string of the molecule is O=C(CCn1ccn2nc(-c3ccc(F)cc3)cc2c1=O)NCCc1ccccc1. The number of carbonyl (C=O) groups is 1. The molecule has 2 aromatic carbocycles. The Balaban J connectivity index is 1.39. The zero-order chi connectivity index (χ0) is 20.9. The van der Waals surface area contributed by atoms with E-state index in [0.29, 0.717) is 17.8 Å². The lowest BCUT2D eigenvalue weighted by molar-refractivity contribution is -0.121. The summed E-state index contributed by atoms with van der Waals surface area (Å²) in [6, 6.07) is 17.6. The number of hydrogen-bond acceptors (Lipinski definition) is 3. The number of carbonyl (C=O) groups excluding carboxylic acids is 1. The minimum Gasteiger partial charge on any atom is -0.356 e. The van der Waals surface area contributed by atoms with Crippen molar-refractivity contribution in [3.8, 4) is 11.3 Å². The number of rotatable bonds is 7. The van der Waals surface area contributed by atoms with Gasteiger partial charge in [0.05, 0.1) is 5.69 Å². The molecule has 30 heavy (non-hydrogen) atoms. The van der Waals surface area contributed by atoms with Crippen LogP contribution < -0.4 is 10.9 Å². The van der Waals surface area contributed by atoms with Gasteiger partial charge in [0.2, 0.25) is 5.91 Å². The topological polar surface area (TPSA) is 68.4 Å². The summed E-state index contributed by atoms with van der Waals surface area (Å²) in [5.41, 5.74) is 2.65. The minimum atomic E-state index is -0.327. The lowest BCUT2D eigenvalue weighted by Crippen LogP contribution is -2.29. The van der Waals surface area contributed by atoms with Crippen LogP contribution in [-0.2, 0) is 17.8 Å². The molecule has 1 N–H and O–H groups in total. The average molecular weight is 404 g/mol. The van der Waals surface area contributed by atoms with Crippen molar-refractivity contribution >= 4 is 11.4 Å². The Labute approximate surface area is 172 Å². The van der Waals surface area contributed by atoms with Crippen LogP contribution in [0.3, 0.4) is 0 Å². The molecule has 0 fully saturated rings. The second kappa shape index (κ2) is 8.73. The highest BCUT2D eigenvalue weighted by atomic mass is 19.1. The first kappa shape index (κ1) is 19.6. The van der Waals surface area contributed by atoms with Gasteiger partial charge in [-0.25, -0.2) is 8.91 Å². The van der Waals surface area contributed by atoms with Gasteiger partial charge in [0.25, 0.3) is 5.56 Å². The Morgan fingerprint density at radius 1 is 1.03 bits per heavy atom. The summed E-state index contributed by atoms with van der Waals surface area (Å²) in [4.78, 5) is 24.9. The number of benzene rings is 2. The van der Waals surface area contributed by atoms with Crippen LogP contribution in [-0.4, -0.2) is 26.6 Å². The molecule has 6 nitrogen and oxygen atoms in total. The second-order valence-electron chi connectivity index (χ2n) is 7.00. The van der Waals surface area contributed by atoms with Crippen LogP contribution >= 0.6 is 0 Å². The summed E-state index contributed by atoms with van der Waals surface area (Å²) in [5.74, 6) is -0.426. The number of nitrogens with one attached hydrogen (secondary N) is 1. The van der Waals surface area contributed by atoms with Crippen molar-refractivity contribution in [1.82, 2.24) is 19.5 Å². The van der Waals surface area contributed by atoms with Crippen LogP contribution in [0.5, 0.6) is 0 Å². The predicted octanol–water partition coefficient (Wildman–Crippen LogP) is 3.05. The molecule has 2 heterocycles. The third kappa shape index (κ3) is 4.46. The lowest BCUT2D eigenvalue weighted by atomic mass is 10.1. The van der Waals surface area contributed by atoms with E-state index in [4.69, 9.17) is 0 Å². The highest BCUT2D eigenvalue weighted by Crippen LogP contribution is 2.18. The molecular weight excluding hydrogens is 383 g/mol. The minimum absolute atomic E-state index is 0.0989. The van der Waals surface area contributed by atoms with E-state index in [1.54, 1.807) is 30.6 Å². The van der Waals surface area contributed by atoms with Gasteiger partial charge >= 0.3 is 0 Å². The molecule has 0 unspecified atom stereocenters. The molecular formula is C23H21FN4O2. The number of aromatic nitrogens is 3. The normalized spacial score (nSPS) is 11.0. The molecule has 7 heteroatoms. The van der Waals surface area contributed by atoms with Crippen molar-refractivity contribution in [3.63, 3.8) is 0 Å². The fourth-order valence-corrected chi connectivity index (χ4v) is 3.27. The monoisotopic (exact) mass is 404 g/mol. The molecule has 0 aliphatic carbocycles. The van der Waals surface area contributed by atoms with E-state index in [-0.39, 0.29) is 30.2 Å². The van der Waals surface area contributed by atoms with Gasteiger partial charge < -0.3 is 9.88 Å². The highest BCUT2D eigenvalue weighted by Gasteiger charge is 2.10. The summed E-state index contributed by atoms with van der Waals surface area (Å²) in [6.45, 7) is 0.837. The Morgan fingerprint density at radius 2 is 1.80 bits per heavy atom. The second-order valence-corrected chi connectivity index (χ2v) is 7.00. The van der Waals surface area contributed by atoms with E-state index in [1.165, 1.54) is 21.2 Å². The highest BCUT2D eigenvalue weighted by molar-refractivity contribution is 5.75. The molecule has 152 valence electrons. The van der Waals surface area contributed by atoms with Crippen LogP contribution in [0.25, 0.3) is 16.8 Å². The van der Waals surface area contributed by atoms with Crippen molar-refractivity contribution in [2.75, 3.05) is 6.54 Å². The molecule has 0 saturated heterocycles. The van der Waals surface area contributed by atoms with Gasteiger partial charge in [-0.3, -0.25) is 9.59 Å². The maximum absolute atomic E-state index is 13.1. The molecule has 0 aliphatic rings. The molecule has 0 spiro atoms. The van der Waals surface area contributed by atoms with Gasteiger partial charge in [0.15, 0.2) is 0 Å². The van der Waals surface area contributed by atoms with Crippen molar-refractivity contribution < 1.29 is 9.18 Å². The Hall–Kier alpha value is -3.74. The van der Waals surface area contributed by atoms with Gasteiger partial charge in [-0.1, -0.05) is 30.3 Å². The van der Waals surface area contributed by atoms with E-state index in [9.17, 15) is 14.0 Å². The molecule has 0 aliphatic heterocycles. The zero-order valence-corrected chi connectivity index (χ0v) is 16.3. The number of hydrogen-bond donors (Lipinski definition) is 1. The van der Waals surface area contributed by atoms with Gasteiger partial charge in [-0.05, 0) is 42.3 Å². The van der Waals surface area contributed by atoms with E-state index in [1.807, 2.05) is 30.3 Å². The molecule has 1 amide bonds. The lowest BCUT2D eigenvalue weighted by Gasteiger charge is -2.07. The van der Waals surface area contributed by atoms with E-state index < -0.39 is 0 Å². The number of nitrogens with zero attached hydrogens (tertiary/aromatic N) is 3. The standard InChI is InChI=1S/C23H21FN4O2/c24-19-8-6-18(7-9-19)20-16-21-23(30)27(14-15-28(21)26-20)13-11-22(29)25-12-10-17-4-2-1-3-5-17/h1-9,14-16H,10-13H2,(H,25,29). The average Bonchev–Trinajstić information content (AvgIpc) is 3.20. The van der Waals surface area contributed by atoms with Crippen molar-refractivity contribution in [2.24, 2.45) is 0 Å². The van der Waals surface area contributed by atoms with Gasteiger partial charge in [-0.15, -0.1) is 0 Å². The largest absolute Gasteiger partial charge is 0.356 e. The number of fused-ring (bicyclic) bond motifs is 1. The van der Waals surface area contributed by atoms with Gasteiger partial charge in [0.1, 0.15) is 11.3 Å². The van der Waals surface area contributed by atoms with Crippen LogP contribution in [0.15, 0.2) is 77.9 Å². The molecule has 0 bridgehead atoms. The van der Waals surface area contributed by atoms with E-state index in [2.05, 4.69) is 10.4 Å². The quantitative estimate of drug-likeness (QED) is 0.515. The predicted molar refractivity (Wildman–Crippen MR) is 113 cm³/mol. The fraction of sp³-hybridized carbons (Fsp3) is 0.174. The first-order valence-electron chi connectivity index (χ1n) is 9.75. The van der Waals surface area contributed by atoms with Crippen molar-refractivity contribution in [1.29, 1.82) is 0 Å². The molecule has 0 atom stereocenters. The maximum Gasteiger partial charge on any atom is 0.276 e. The summed E-state index contributed by atoms with van der Waals surface area (Å²) >= 11 is 0. The van der Waals surface area contributed by atoms with E-state index >= 15 is 0 Å². The smallest absolute Gasteiger partial charge is 0.276 e. The third-order valence-corrected chi connectivity index (χ3v) is 4.90. The van der Waals surface area contributed by atoms with Crippen LogP contribution in [0.2, 0.25) is 0 Å². The Bertz CT molecular complexity index is 1210. The number of amides is 1. The number of halogens is 1. The maximum atomic E-state index is 13.1. The van der Waals surface area contributed by atoms with E-state index in [0.717, 1.165) is 17.5 Å². The summed E-state index contributed by atoms with van der Waals surface area (Å²) < 4.78 is 16.1. The zero-order valence-electron chi connectivity index (χ0n) is 16.3. The summed E-state index contributed by atoms with van der Waals surface area (Å²) in [5, 5.41) is 7.27. The van der Waals surface area contributed by atoms with Crippen LogP contribution in [0, 0.1) is 5.82 Å². The molecule has 4 aromatic rings. The molecule has 4 rings (SSSR count). The third-order valence-electron chi connectivity index (χ3n) is 4.90. The summed E-state index contributed by atoms with van der Waals surface area (Å²) in [6.07, 6.45) is 4.27. The van der Waals surface area contributed by atoms with Crippen molar-refractivity contribution in [2.45, 2.75) is 19.4 Å². The molecule has 0 saturated carbocycles. The summed E-state index contributed by atoms with van der Waals surface area (Å²) in [7, 11) is 0. The van der Waals surface area contributed by atoms with Gasteiger partial charge in [0, 0.05) is 37.5 Å². The molecule has 2 aromatic heterocycles. The van der Waals surface area contributed by atoms with Gasteiger partial charge in [-0.2, -0.15) is 5.10 Å². The first-order valence-corrected chi connectivity index (χ1v) is 9.75. The van der Waals surface area contributed by atoms with Crippen molar-refractivity contribution in [3.05, 3.63) is 94.8 Å². The Morgan fingerprint density at radius 3 is 2.57 bits per heavy atom. The fourth-order valence-electron chi connectivity index (χ4n) is 3.27. The number of aryl methyl sites for hydroxylation is 1. The van der Waals surface area contributed by atoms with Crippen LogP contribution in [0.1, 0.15) is 12.0 Å². The van der Waals surface area contributed by atoms with Crippen LogP contribution in [0.4, 0.5) is 4.39 Å². The molecule has 0 radical (unpaired) electrons.